The second-order valence-corrected chi connectivity index (χ2v) is 6.93. The summed E-state index contributed by atoms with van der Waals surface area (Å²) in [6, 6.07) is 0.319. The van der Waals surface area contributed by atoms with Crippen LogP contribution in [-0.2, 0) is 14.6 Å². The van der Waals surface area contributed by atoms with Crippen LogP contribution in [-0.4, -0.2) is 43.8 Å². The first-order valence-electron chi connectivity index (χ1n) is 5.87. The summed E-state index contributed by atoms with van der Waals surface area (Å²) >= 11 is 0. The SMILES string of the molecule is CC1CCCCN1C(=O)CCCS(C)(=O)=O. The predicted octanol–water partition coefficient (Wildman–Crippen LogP) is 1.21. The molecule has 0 bridgehead atoms. The maximum Gasteiger partial charge on any atom is 0.222 e. The van der Waals surface area contributed by atoms with E-state index in [0.29, 0.717) is 18.9 Å². The highest BCUT2D eigenvalue weighted by Gasteiger charge is 2.22. The Kier molecular flexibility index (Phi) is 4.77. The number of nitrogens with zero attached hydrogens (tertiary/aromatic N) is 1. The van der Waals surface area contributed by atoms with Gasteiger partial charge in [-0.3, -0.25) is 4.79 Å². The van der Waals surface area contributed by atoms with Crippen molar-refractivity contribution in [2.24, 2.45) is 0 Å². The van der Waals surface area contributed by atoms with Crippen molar-refractivity contribution in [2.75, 3.05) is 18.6 Å². The Balaban J connectivity index is 2.34. The lowest BCUT2D eigenvalue weighted by atomic mass is 10.0. The van der Waals surface area contributed by atoms with E-state index in [4.69, 9.17) is 0 Å². The number of piperidine rings is 1. The summed E-state index contributed by atoms with van der Waals surface area (Å²) in [6.07, 6.45) is 5.34. The molecule has 1 saturated heterocycles. The summed E-state index contributed by atoms with van der Waals surface area (Å²) in [5.41, 5.74) is 0. The van der Waals surface area contributed by atoms with Crippen molar-refractivity contribution in [1.29, 1.82) is 0 Å². The molecule has 1 unspecified atom stereocenters. The van der Waals surface area contributed by atoms with E-state index in [2.05, 4.69) is 6.92 Å². The molecular weight excluding hydrogens is 226 g/mol. The number of hydrogen-bond acceptors (Lipinski definition) is 3. The molecule has 0 saturated carbocycles. The van der Waals surface area contributed by atoms with Gasteiger partial charge in [0.25, 0.3) is 0 Å². The number of rotatable bonds is 4. The van der Waals surface area contributed by atoms with Crippen molar-refractivity contribution in [2.45, 2.75) is 45.1 Å². The molecule has 16 heavy (non-hydrogen) atoms. The minimum Gasteiger partial charge on any atom is -0.340 e. The number of carbonyl (C=O) groups excluding carboxylic acids is 1. The average molecular weight is 247 g/mol. The molecule has 1 aliphatic rings. The zero-order chi connectivity index (χ0) is 12.2. The van der Waals surface area contributed by atoms with Gasteiger partial charge in [-0.15, -0.1) is 0 Å². The maximum atomic E-state index is 11.8. The first-order valence-corrected chi connectivity index (χ1v) is 7.93. The molecule has 1 amide bonds. The molecule has 0 aromatic heterocycles. The molecule has 0 aliphatic carbocycles. The van der Waals surface area contributed by atoms with Crippen LogP contribution in [0, 0.1) is 0 Å². The standard InChI is InChI=1S/C11H21NO3S/c1-10-6-3-4-8-12(10)11(13)7-5-9-16(2,14)15/h10H,3-9H2,1-2H3. The minimum atomic E-state index is -2.93. The van der Waals surface area contributed by atoms with Gasteiger partial charge in [0.05, 0.1) is 5.75 Å². The third-order valence-electron chi connectivity index (χ3n) is 3.03. The predicted molar refractivity (Wildman–Crippen MR) is 64.0 cm³/mol. The Morgan fingerprint density at radius 1 is 1.38 bits per heavy atom. The number of carbonyl (C=O) groups is 1. The van der Waals surface area contributed by atoms with Gasteiger partial charge in [0.15, 0.2) is 0 Å². The summed E-state index contributed by atoms with van der Waals surface area (Å²) in [6.45, 7) is 2.90. The van der Waals surface area contributed by atoms with Gasteiger partial charge in [0, 0.05) is 25.3 Å². The summed E-state index contributed by atoms with van der Waals surface area (Å²) in [5, 5.41) is 0. The van der Waals surface area contributed by atoms with E-state index in [0.717, 1.165) is 19.4 Å². The van der Waals surface area contributed by atoms with E-state index in [1.807, 2.05) is 4.90 Å². The fourth-order valence-corrected chi connectivity index (χ4v) is 2.77. The molecule has 0 spiro atoms. The highest BCUT2D eigenvalue weighted by atomic mass is 32.2. The number of hydrogen-bond donors (Lipinski definition) is 0. The molecule has 0 radical (unpaired) electrons. The third-order valence-corrected chi connectivity index (χ3v) is 4.06. The third kappa shape index (κ3) is 4.51. The Labute approximate surface area is 97.9 Å². The Morgan fingerprint density at radius 2 is 2.06 bits per heavy atom. The van der Waals surface area contributed by atoms with Crippen LogP contribution in [0.3, 0.4) is 0 Å². The fourth-order valence-electron chi connectivity index (χ4n) is 2.10. The monoisotopic (exact) mass is 247 g/mol. The fraction of sp³-hybridized carbons (Fsp3) is 0.909. The summed E-state index contributed by atoms with van der Waals surface area (Å²) in [4.78, 5) is 13.7. The molecule has 1 aliphatic heterocycles. The Morgan fingerprint density at radius 3 is 2.62 bits per heavy atom. The molecule has 1 heterocycles. The van der Waals surface area contributed by atoms with E-state index < -0.39 is 9.84 Å². The van der Waals surface area contributed by atoms with Crippen molar-refractivity contribution in [1.82, 2.24) is 4.90 Å². The number of amides is 1. The van der Waals surface area contributed by atoms with E-state index in [1.54, 1.807) is 0 Å². The smallest absolute Gasteiger partial charge is 0.222 e. The Hall–Kier alpha value is -0.580. The first kappa shape index (κ1) is 13.5. The molecule has 1 rings (SSSR count). The number of sulfone groups is 1. The minimum absolute atomic E-state index is 0.107. The van der Waals surface area contributed by atoms with E-state index in [1.165, 1.54) is 12.7 Å². The van der Waals surface area contributed by atoms with Gasteiger partial charge in [-0.1, -0.05) is 0 Å². The molecule has 5 heteroatoms. The lowest BCUT2D eigenvalue weighted by Gasteiger charge is -2.33. The summed E-state index contributed by atoms with van der Waals surface area (Å²) in [5.74, 6) is 0.219. The van der Waals surface area contributed by atoms with Crippen LogP contribution >= 0.6 is 0 Å². The molecule has 4 nitrogen and oxygen atoms in total. The van der Waals surface area contributed by atoms with Crippen LogP contribution in [0.1, 0.15) is 39.0 Å². The van der Waals surface area contributed by atoms with Gasteiger partial charge in [0.2, 0.25) is 5.91 Å². The van der Waals surface area contributed by atoms with Crippen molar-refractivity contribution in [3.63, 3.8) is 0 Å². The molecule has 1 fully saturated rings. The summed E-state index contributed by atoms with van der Waals surface area (Å²) < 4.78 is 21.9. The van der Waals surface area contributed by atoms with Gasteiger partial charge in [-0.05, 0) is 32.6 Å². The first-order chi connectivity index (χ1) is 7.40. The maximum absolute atomic E-state index is 11.8. The van der Waals surface area contributed by atoms with Crippen molar-refractivity contribution >= 4 is 15.7 Å². The van der Waals surface area contributed by atoms with E-state index in [9.17, 15) is 13.2 Å². The molecule has 1 atom stereocenters. The van der Waals surface area contributed by atoms with Gasteiger partial charge >= 0.3 is 0 Å². The zero-order valence-electron chi connectivity index (χ0n) is 10.1. The highest BCUT2D eigenvalue weighted by Crippen LogP contribution is 2.17. The van der Waals surface area contributed by atoms with Crippen LogP contribution < -0.4 is 0 Å². The largest absolute Gasteiger partial charge is 0.340 e. The average Bonchev–Trinajstić information content (AvgIpc) is 2.16. The van der Waals surface area contributed by atoms with E-state index >= 15 is 0 Å². The van der Waals surface area contributed by atoms with Crippen LogP contribution in [0.25, 0.3) is 0 Å². The van der Waals surface area contributed by atoms with Crippen LogP contribution in [0.2, 0.25) is 0 Å². The molecule has 0 N–H and O–H groups in total. The van der Waals surface area contributed by atoms with Crippen LogP contribution in [0.5, 0.6) is 0 Å². The number of likely N-dealkylation sites (tertiary alicyclic amines) is 1. The molecule has 0 aromatic rings. The lowest BCUT2D eigenvalue weighted by molar-refractivity contribution is -0.134. The quantitative estimate of drug-likeness (QED) is 0.750. The van der Waals surface area contributed by atoms with Gasteiger partial charge in [0.1, 0.15) is 9.84 Å². The van der Waals surface area contributed by atoms with Gasteiger partial charge in [-0.25, -0.2) is 8.42 Å². The van der Waals surface area contributed by atoms with E-state index in [-0.39, 0.29) is 11.7 Å². The highest BCUT2D eigenvalue weighted by molar-refractivity contribution is 7.90. The Bertz CT molecular complexity index is 337. The van der Waals surface area contributed by atoms with Crippen molar-refractivity contribution in [3.8, 4) is 0 Å². The second kappa shape index (κ2) is 5.66. The topological polar surface area (TPSA) is 54.5 Å². The summed E-state index contributed by atoms with van der Waals surface area (Å²) in [7, 11) is -2.93. The second-order valence-electron chi connectivity index (χ2n) is 4.67. The lowest BCUT2D eigenvalue weighted by Crippen LogP contribution is -2.42. The van der Waals surface area contributed by atoms with Crippen LogP contribution in [0.15, 0.2) is 0 Å². The van der Waals surface area contributed by atoms with Crippen LogP contribution in [0.4, 0.5) is 0 Å². The molecular formula is C11H21NO3S. The zero-order valence-corrected chi connectivity index (χ0v) is 10.9. The van der Waals surface area contributed by atoms with Gasteiger partial charge < -0.3 is 4.90 Å². The molecule has 0 aromatic carbocycles. The van der Waals surface area contributed by atoms with Crippen molar-refractivity contribution < 1.29 is 13.2 Å². The normalized spacial score (nSPS) is 22.1. The molecule has 94 valence electrons. The van der Waals surface area contributed by atoms with Crippen molar-refractivity contribution in [3.05, 3.63) is 0 Å². The van der Waals surface area contributed by atoms with Gasteiger partial charge in [-0.2, -0.15) is 0 Å².